The van der Waals surface area contributed by atoms with Crippen molar-refractivity contribution in [2.75, 3.05) is 19.6 Å². The number of piperidine rings is 1. The van der Waals surface area contributed by atoms with Crippen molar-refractivity contribution in [2.24, 2.45) is 0 Å². The average Bonchev–Trinajstić information content (AvgIpc) is 3.34. The van der Waals surface area contributed by atoms with E-state index in [2.05, 4.69) is 16.0 Å². The predicted molar refractivity (Wildman–Crippen MR) is 116 cm³/mol. The fourth-order valence-corrected chi connectivity index (χ4v) is 4.74. The van der Waals surface area contributed by atoms with Crippen LogP contribution in [0.1, 0.15) is 57.9 Å². The van der Waals surface area contributed by atoms with Gasteiger partial charge in [0.25, 0.3) is 11.8 Å². The second-order valence-corrected chi connectivity index (χ2v) is 8.21. The number of nitrogens with one attached hydrogen (secondary N) is 1. The third kappa shape index (κ3) is 3.50. The Kier molecular flexibility index (Phi) is 5.02. The third-order valence-corrected chi connectivity index (χ3v) is 6.42. The van der Waals surface area contributed by atoms with Crippen LogP contribution < -0.4 is 0 Å². The minimum atomic E-state index is -0.262. The van der Waals surface area contributed by atoms with Crippen LogP contribution in [0.2, 0.25) is 0 Å². The molecule has 2 aliphatic heterocycles. The number of amides is 3. The van der Waals surface area contributed by atoms with Crippen molar-refractivity contribution in [1.29, 1.82) is 0 Å². The van der Waals surface area contributed by atoms with E-state index in [1.165, 1.54) is 10.5 Å². The number of hydrogen-bond acceptors (Lipinski definition) is 4. The molecule has 0 unspecified atom stereocenters. The third-order valence-electron chi connectivity index (χ3n) is 6.42. The number of benzene rings is 1. The number of pyridine rings is 1. The quantitative estimate of drug-likeness (QED) is 0.647. The van der Waals surface area contributed by atoms with Crippen molar-refractivity contribution in [1.82, 2.24) is 19.8 Å². The highest BCUT2D eigenvalue weighted by Crippen LogP contribution is 2.32. The molecule has 0 aliphatic carbocycles. The van der Waals surface area contributed by atoms with Gasteiger partial charge in [-0.25, -0.2) is 4.98 Å². The summed E-state index contributed by atoms with van der Waals surface area (Å²) >= 11 is 0. The zero-order valence-electron chi connectivity index (χ0n) is 17.2. The van der Waals surface area contributed by atoms with Gasteiger partial charge < -0.3 is 9.88 Å². The van der Waals surface area contributed by atoms with Crippen molar-refractivity contribution in [3.63, 3.8) is 0 Å². The Hall–Kier alpha value is -3.48. The Morgan fingerprint density at radius 1 is 1.03 bits per heavy atom. The number of fused-ring (bicyclic) bond motifs is 2. The van der Waals surface area contributed by atoms with Crippen LogP contribution in [-0.4, -0.2) is 57.1 Å². The maximum atomic E-state index is 12.7. The molecule has 31 heavy (non-hydrogen) atoms. The zero-order valence-corrected chi connectivity index (χ0v) is 17.2. The molecule has 7 heteroatoms. The highest BCUT2D eigenvalue weighted by molar-refractivity contribution is 6.21. The second kappa shape index (κ2) is 7.98. The molecule has 0 saturated carbocycles. The first-order chi connectivity index (χ1) is 15.1. The van der Waals surface area contributed by atoms with Crippen LogP contribution >= 0.6 is 0 Å². The summed E-state index contributed by atoms with van der Waals surface area (Å²) in [5.41, 5.74) is 3.09. The first-order valence-electron chi connectivity index (χ1n) is 10.8. The van der Waals surface area contributed by atoms with Crippen molar-refractivity contribution in [2.45, 2.75) is 31.6 Å². The fourth-order valence-electron chi connectivity index (χ4n) is 4.74. The molecule has 0 atom stereocenters. The number of rotatable bonds is 5. The lowest BCUT2D eigenvalue weighted by Crippen LogP contribution is -2.38. The van der Waals surface area contributed by atoms with E-state index in [1.807, 2.05) is 17.2 Å². The summed E-state index contributed by atoms with van der Waals surface area (Å²) < 4.78 is 0. The molecule has 1 N–H and O–H groups in total. The number of aromatic amines is 1. The van der Waals surface area contributed by atoms with Crippen LogP contribution in [0.4, 0.5) is 0 Å². The highest BCUT2D eigenvalue weighted by Gasteiger charge is 2.34. The van der Waals surface area contributed by atoms with Crippen molar-refractivity contribution in [3.8, 4) is 0 Å². The monoisotopic (exact) mass is 416 g/mol. The fraction of sp³-hybridized carbons (Fsp3) is 0.333. The normalized spacial score (nSPS) is 16.9. The molecule has 3 aromatic rings. The first kappa shape index (κ1) is 19.5. The number of likely N-dealkylation sites (tertiary alicyclic amines) is 1. The van der Waals surface area contributed by atoms with E-state index in [9.17, 15) is 14.4 Å². The Balaban J connectivity index is 1.13. The summed E-state index contributed by atoms with van der Waals surface area (Å²) in [6.45, 7) is 1.73. The van der Waals surface area contributed by atoms with Gasteiger partial charge in [-0.1, -0.05) is 12.1 Å². The summed E-state index contributed by atoms with van der Waals surface area (Å²) in [6, 6.07) is 10.9. The molecule has 0 spiro atoms. The molecule has 0 bridgehead atoms. The Morgan fingerprint density at radius 3 is 2.45 bits per heavy atom. The summed E-state index contributed by atoms with van der Waals surface area (Å²) in [4.78, 5) is 48.3. The van der Waals surface area contributed by atoms with Gasteiger partial charge in [0.15, 0.2) is 0 Å². The van der Waals surface area contributed by atoms with Crippen molar-refractivity contribution >= 4 is 28.8 Å². The smallest absolute Gasteiger partial charge is 0.261 e. The minimum absolute atomic E-state index is 0.0932. The molecule has 1 fully saturated rings. The van der Waals surface area contributed by atoms with Gasteiger partial charge in [0.05, 0.1) is 11.1 Å². The van der Waals surface area contributed by atoms with Crippen LogP contribution in [0.15, 0.2) is 48.8 Å². The number of hydrogen-bond donors (Lipinski definition) is 1. The molecular formula is C24H24N4O3. The van der Waals surface area contributed by atoms with Crippen LogP contribution in [-0.2, 0) is 4.79 Å². The summed E-state index contributed by atoms with van der Waals surface area (Å²) in [6.07, 6.45) is 6.50. The minimum Gasteiger partial charge on any atom is -0.346 e. The molecule has 4 heterocycles. The largest absolute Gasteiger partial charge is 0.346 e. The maximum Gasteiger partial charge on any atom is 0.261 e. The van der Waals surface area contributed by atoms with Crippen molar-refractivity contribution < 1.29 is 14.4 Å². The standard InChI is InChI=1S/C24H24N4O3/c29-21(8-4-12-28-23(30)18-5-1-2-6-19(18)24(28)31)27-13-9-16(10-14-27)20-15-26-22-17(20)7-3-11-25-22/h1-3,5-7,11,15-16H,4,8-10,12-14H2,(H,25,26). The van der Waals surface area contributed by atoms with Gasteiger partial charge in [-0.2, -0.15) is 0 Å². The van der Waals surface area contributed by atoms with Crippen molar-refractivity contribution in [3.05, 3.63) is 65.5 Å². The maximum absolute atomic E-state index is 12.7. The number of carbonyl (C=O) groups excluding carboxylic acids is 3. The van der Waals surface area contributed by atoms with Gasteiger partial charge in [0, 0.05) is 43.8 Å². The molecular weight excluding hydrogens is 392 g/mol. The van der Waals surface area contributed by atoms with Crippen LogP contribution in [0, 0.1) is 0 Å². The molecule has 1 aromatic carbocycles. The molecule has 1 saturated heterocycles. The Morgan fingerprint density at radius 2 is 1.74 bits per heavy atom. The number of carbonyl (C=O) groups is 3. The van der Waals surface area contributed by atoms with Gasteiger partial charge in [-0.3, -0.25) is 19.3 Å². The van der Waals surface area contributed by atoms with Crippen LogP contribution in [0.5, 0.6) is 0 Å². The molecule has 2 aliphatic rings. The van der Waals surface area contributed by atoms with Gasteiger partial charge in [-0.05, 0) is 55.0 Å². The number of imide groups is 1. The highest BCUT2D eigenvalue weighted by atomic mass is 16.2. The zero-order chi connectivity index (χ0) is 21.4. The Labute approximate surface area is 180 Å². The lowest BCUT2D eigenvalue weighted by Gasteiger charge is -2.32. The molecule has 158 valence electrons. The lowest BCUT2D eigenvalue weighted by molar-refractivity contribution is -0.132. The lowest BCUT2D eigenvalue weighted by atomic mass is 9.89. The molecule has 5 rings (SSSR count). The predicted octanol–water partition coefficient (Wildman–Crippen LogP) is 3.35. The Bertz CT molecular complexity index is 1130. The topological polar surface area (TPSA) is 86.4 Å². The molecule has 3 amide bonds. The van der Waals surface area contributed by atoms with Crippen LogP contribution in [0.25, 0.3) is 11.0 Å². The number of aromatic nitrogens is 2. The van der Waals surface area contributed by atoms with E-state index in [-0.39, 0.29) is 24.3 Å². The number of nitrogens with zero attached hydrogens (tertiary/aromatic N) is 3. The van der Waals surface area contributed by atoms with E-state index >= 15 is 0 Å². The molecule has 7 nitrogen and oxygen atoms in total. The first-order valence-corrected chi connectivity index (χ1v) is 10.8. The van der Waals surface area contributed by atoms with E-state index in [0.717, 1.165) is 37.0 Å². The summed E-state index contributed by atoms with van der Waals surface area (Å²) in [5, 5.41) is 1.16. The average molecular weight is 416 g/mol. The van der Waals surface area contributed by atoms with Gasteiger partial charge in [0.2, 0.25) is 5.91 Å². The van der Waals surface area contributed by atoms with Gasteiger partial charge in [-0.15, -0.1) is 0 Å². The number of H-pyrrole nitrogens is 1. The molecule has 0 radical (unpaired) electrons. The van der Waals surface area contributed by atoms with E-state index in [4.69, 9.17) is 0 Å². The second-order valence-electron chi connectivity index (χ2n) is 8.21. The van der Waals surface area contributed by atoms with E-state index in [1.54, 1.807) is 30.5 Å². The summed E-state index contributed by atoms with van der Waals surface area (Å²) in [5.74, 6) is -0.0137. The molecule has 2 aromatic heterocycles. The van der Waals surface area contributed by atoms with Gasteiger partial charge >= 0.3 is 0 Å². The summed E-state index contributed by atoms with van der Waals surface area (Å²) in [7, 11) is 0. The van der Waals surface area contributed by atoms with E-state index in [0.29, 0.717) is 29.9 Å². The van der Waals surface area contributed by atoms with Gasteiger partial charge in [0.1, 0.15) is 5.65 Å². The SMILES string of the molecule is O=C(CCCN1C(=O)c2ccccc2C1=O)N1CCC(c2c[nH]c3ncccc23)CC1. The van der Waals surface area contributed by atoms with Crippen LogP contribution in [0.3, 0.4) is 0 Å². The van der Waals surface area contributed by atoms with E-state index < -0.39 is 0 Å².